The smallest absolute Gasteiger partial charge is 0.240 e. The molecule has 0 radical (unpaired) electrons. The number of rotatable bonds is 6. The maximum atomic E-state index is 12.1. The fourth-order valence-electron chi connectivity index (χ4n) is 1.64. The van der Waals surface area contributed by atoms with E-state index < -0.39 is 16.1 Å². The summed E-state index contributed by atoms with van der Waals surface area (Å²) in [6.45, 7) is 3.62. The van der Waals surface area contributed by atoms with Gasteiger partial charge in [0.1, 0.15) is 0 Å². The van der Waals surface area contributed by atoms with Crippen molar-refractivity contribution in [3.8, 4) is 6.07 Å². The Morgan fingerprint density at radius 3 is 2.74 bits per heavy atom. The van der Waals surface area contributed by atoms with Crippen LogP contribution in [0.5, 0.6) is 0 Å². The monoisotopic (exact) mass is 282 g/mol. The molecule has 0 aliphatic rings. The van der Waals surface area contributed by atoms with E-state index in [4.69, 9.17) is 10.4 Å². The van der Waals surface area contributed by atoms with Crippen molar-refractivity contribution in [2.75, 3.05) is 6.54 Å². The van der Waals surface area contributed by atoms with Crippen molar-refractivity contribution in [1.29, 1.82) is 5.26 Å². The summed E-state index contributed by atoms with van der Waals surface area (Å²) in [5.41, 5.74) is 0.914. The molecule has 0 spiro atoms. The van der Waals surface area contributed by atoms with E-state index in [1.54, 1.807) is 26.0 Å². The molecule has 1 aromatic rings. The number of aliphatic hydroxyl groups is 1. The lowest BCUT2D eigenvalue weighted by atomic mass is 10.2. The van der Waals surface area contributed by atoms with Crippen LogP contribution in [0, 0.1) is 18.3 Å². The summed E-state index contributed by atoms with van der Waals surface area (Å²) in [7, 11) is -3.60. The van der Waals surface area contributed by atoms with Gasteiger partial charge in [0.25, 0.3) is 0 Å². The predicted molar refractivity (Wildman–Crippen MR) is 72.0 cm³/mol. The third-order valence-electron chi connectivity index (χ3n) is 2.70. The molecular formula is C13H18N2O3S. The SMILES string of the molecule is Cc1ccc(C#N)cc1S(=O)(=O)NCCCC(C)O. The second-order valence-electron chi connectivity index (χ2n) is 4.48. The lowest BCUT2D eigenvalue weighted by Crippen LogP contribution is -2.26. The average molecular weight is 282 g/mol. The first-order chi connectivity index (χ1) is 8.86. The van der Waals surface area contributed by atoms with E-state index in [2.05, 4.69) is 4.72 Å². The molecule has 0 aliphatic heterocycles. The Bertz CT molecular complexity index is 574. The summed E-state index contributed by atoms with van der Waals surface area (Å²) < 4.78 is 26.6. The number of hydrogen-bond acceptors (Lipinski definition) is 4. The van der Waals surface area contributed by atoms with E-state index in [0.29, 0.717) is 24.0 Å². The standard InChI is InChI=1S/C13H18N2O3S/c1-10-5-6-12(9-14)8-13(10)19(17,18)15-7-3-4-11(2)16/h5-6,8,11,15-16H,3-4,7H2,1-2H3. The lowest BCUT2D eigenvalue weighted by Gasteiger charge is -2.10. The molecule has 1 atom stereocenters. The molecule has 1 aromatic carbocycles. The highest BCUT2D eigenvalue weighted by atomic mass is 32.2. The summed E-state index contributed by atoms with van der Waals surface area (Å²) in [4.78, 5) is 0.128. The summed E-state index contributed by atoms with van der Waals surface area (Å²) in [5, 5.41) is 17.9. The summed E-state index contributed by atoms with van der Waals surface area (Å²) in [6, 6.07) is 6.49. The first-order valence-corrected chi connectivity index (χ1v) is 7.53. The maximum Gasteiger partial charge on any atom is 0.240 e. The van der Waals surface area contributed by atoms with E-state index in [-0.39, 0.29) is 11.4 Å². The highest BCUT2D eigenvalue weighted by Gasteiger charge is 2.16. The molecule has 0 aliphatic carbocycles. The van der Waals surface area contributed by atoms with Crippen molar-refractivity contribution in [1.82, 2.24) is 4.72 Å². The molecule has 1 rings (SSSR count). The van der Waals surface area contributed by atoms with Crippen molar-refractivity contribution in [2.24, 2.45) is 0 Å². The molecule has 0 fully saturated rings. The molecular weight excluding hydrogens is 264 g/mol. The van der Waals surface area contributed by atoms with Crippen LogP contribution in [0.25, 0.3) is 0 Å². The molecule has 6 heteroatoms. The van der Waals surface area contributed by atoms with Gasteiger partial charge in [-0.3, -0.25) is 0 Å². The predicted octanol–water partition coefficient (Wildman–Crippen LogP) is 1.31. The molecule has 1 unspecified atom stereocenters. The molecule has 0 heterocycles. The Kier molecular flexibility index (Phi) is 5.48. The van der Waals surface area contributed by atoms with Crippen molar-refractivity contribution < 1.29 is 13.5 Å². The van der Waals surface area contributed by atoms with Gasteiger partial charge in [0, 0.05) is 6.54 Å². The number of hydrogen-bond donors (Lipinski definition) is 2. The fraction of sp³-hybridized carbons (Fsp3) is 0.462. The highest BCUT2D eigenvalue weighted by molar-refractivity contribution is 7.89. The molecule has 104 valence electrons. The second-order valence-corrected chi connectivity index (χ2v) is 6.22. The summed E-state index contributed by atoms with van der Waals surface area (Å²) in [6.07, 6.45) is 0.668. The molecule has 5 nitrogen and oxygen atoms in total. The van der Waals surface area contributed by atoms with Crippen LogP contribution in [0.1, 0.15) is 30.9 Å². The number of sulfonamides is 1. The molecule has 0 bridgehead atoms. The van der Waals surface area contributed by atoms with Gasteiger partial charge < -0.3 is 5.11 Å². The van der Waals surface area contributed by atoms with Crippen LogP contribution >= 0.6 is 0 Å². The zero-order valence-corrected chi connectivity index (χ0v) is 11.9. The van der Waals surface area contributed by atoms with E-state index >= 15 is 0 Å². The molecule has 19 heavy (non-hydrogen) atoms. The third-order valence-corrected chi connectivity index (χ3v) is 4.30. The van der Waals surface area contributed by atoms with Crippen LogP contribution in [-0.2, 0) is 10.0 Å². The topological polar surface area (TPSA) is 90.2 Å². The Morgan fingerprint density at radius 2 is 2.16 bits per heavy atom. The van der Waals surface area contributed by atoms with Gasteiger partial charge in [-0.1, -0.05) is 6.07 Å². The molecule has 2 N–H and O–H groups in total. The first-order valence-electron chi connectivity index (χ1n) is 6.05. The number of benzene rings is 1. The zero-order valence-electron chi connectivity index (χ0n) is 11.0. The van der Waals surface area contributed by atoms with Crippen LogP contribution in [0.3, 0.4) is 0 Å². The summed E-state index contributed by atoms with van der Waals surface area (Å²) in [5.74, 6) is 0. The van der Waals surface area contributed by atoms with E-state index in [1.807, 2.05) is 6.07 Å². The van der Waals surface area contributed by atoms with Crippen LogP contribution < -0.4 is 4.72 Å². The minimum atomic E-state index is -3.60. The molecule has 0 saturated carbocycles. The van der Waals surface area contributed by atoms with Crippen molar-refractivity contribution in [3.63, 3.8) is 0 Å². The van der Waals surface area contributed by atoms with Crippen LogP contribution in [0.4, 0.5) is 0 Å². The number of nitrogens with zero attached hydrogens (tertiary/aromatic N) is 1. The van der Waals surface area contributed by atoms with Crippen molar-refractivity contribution in [3.05, 3.63) is 29.3 Å². The Hall–Kier alpha value is -1.42. The van der Waals surface area contributed by atoms with Gasteiger partial charge in [-0.25, -0.2) is 13.1 Å². The Labute approximate surface area is 113 Å². The Balaban J connectivity index is 2.80. The molecule has 0 aromatic heterocycles. The number of aliphatic hydroxyl groups excluding tert-OH is 1. The first kappa shape index (κ1) is 15.6. The van der Waals surface area contributed by atoms with E-state index in [1.165, 1.54) is 6.07 Å². The van der Waals surface area contributed by atoms with Gasteiger partial charge in [-0.05, 0) is 44.4 Å². The van der Waals surface area contributed by atoms with Gasteiger partial charge in [0.05, 0.1) is 22.6 Å². The largest absolute Gasteiger partial charge is 0.393 e. The Morgan fingerprint density at radius 1 is 1.47 bits per heavy atom. The second kappa shape index (κ2) is 6.66. The lowest BCUT2D eigenvalue weighted by molar-refractivity contribution is 0.182. The van der Waals surface area contributed by atoms with Crippen LogP contribution in [0.15, 0.2) is 23.1 Å². The number of aryl methyl sites for hydroxylation is 1. The fourth-order valence-corrected chi connectivity index (χ4v) is 2.98. The van der Waals surface area contributed by atoms with Crippen LogP contribution in [0.2, 0.25) is 0 Å². The van der Waals surface area contributed by atoms with Crippen LogP contribution in [-0.4, -0.2) is 26.2 Å². The van der Waals surface area contributed by atoms with Gasteiger partial charge in [0.15, 0.2) is 0 Å². The van der Waals surface area contributed by atoms with E-state index in [9.17, 15) is 8.42 Å². The van der Waals surface area contributed by atoms with Gasteiger partial charge >= 0.3 is 0 Å². The quantitative estimate of drug-likeness (QED) is 0.770. The van der Waals surface area contributed by atoms with Crippen molar-refractivity contribution in [2.45, 2.75) is 37.7 Å². The minimum Gasteiger partial charge on any atom is -0.393 e. The highest BCUT2D eigenvalue weighted by Crippen LogP contribution is 2.16. The van der Waals surface area contributed by atoms with Gasteiger partial charge in [0.2, 0.25) is 10.0 Å². The van der Waals surface area contributed by atoms with Gasteiger partial charge in [-0.15, -0.1) is 0 Å². The maximum absolute atomic E-state index is 12.1. The molecule has 0 amide bonds. The summed E-state index contributed by atoms with van der Waals surface area (Å²) >= 11 is 0. The van der Waals surface area contributed by atoms with Gasteiger partial charge in [-0.2, -0.15) is 5.26 Å². The zero-order chi connectivity index (χ0) is 14.5. The molecule has 0 saturated heterocycles. The van der Waals surface area contributed by atoms with E-state index in [0.717, 1.165) is 0 Å². The number of nitrogens with one attached hydrogen (secondary N) is 1. The minimum absolute atomic E-state index is 0.128. The van der Waals surface area contributed by atoms with Crippen molar-refractivity contribution >= 4 is 10.0 Å². The normalized spacial score (nSPS) is 12.9. The average Bonchev–Trinajstić information content (AvgIpc) is 2.35. The number of nitriles is 1. The third kappa shape index (κ3) is 4.63.